The Kier molecular flexibility index (Phi) is 7.25. The number of fused-ring (bicyclic) bond motifs is 2. The molecule has 6 rings (SSSR count). The third kappa shape index (κ3) is 5.67. The van der Waals surface area contributed by atoms with Gasteiger partial charge in [-0.3, -0.25) is 9.69 Å². The lowest BCUT2D eigenvalue weighted by Gasteiger charge is -2.23. The van der Waals surface area contributed by atoms with Gasteiger partial charge >= 0.3 is 0 Å². The highest BCUT2D eigenvalue weighted by atomic mass is 16.7. The van der Waals surface area contributed by atoms with Gasteiger partial charge in [-0.05, 0) is 58.5 Å². The molecule has 1 saturated heterocycles. The van der Waals surface area contributed by atoms with E-state index in [0.717, 1.165) is 49.5 Å². The molecular weight excluding hydrogens is 474 g/mol. The van der Waals surface area contributed by atoms with Crippen LogP contribution in [0.1, 0.15) is 23.1 Å². The summed E-state index contributed by atoms with van der Waals surface area (Å²) in [4.78, 5) is 15.7. The molecule has 4 aromatic carbocycles. The molecule has 0 aromatic heterocycles. The van der Waals surface area contributed by atoms with Crippen LogP contribution < -0.4 is 20.1 Å². The molecule has 0 bridgehead atoms. The average Bonchev–Trinajstić information content (AvgIpc) is 3.59. The lowest BCUT2D eigenvalue weighted by atomic mass is 10.1. The first-order valence-electron chi connectivity index (χ1n) is 13.4. The number of rotatable bonds is 9. The quantitative estimate of drug-likeness (QED) is 0.345. The number of hydrogen-bond donors (Lipinski definition) is 2. The van der Waals surface area contributed by atoms with Gasteiger partial charge < -0.3 is 20.1 Å². The third-order valence-corrected chi connectivity index (χ3v) is 7.49. The largest absolute Gasteiger partial charge is 0.454 e. The van der Waals surface area contributed by atoms with Crippen LogP contribution in [0.2, 0.25) is 0 Å². The van der Waals surface area contributed by atoms with E-state index in [1.165, 1.54) is 21.9 Å². The molecular formula is C32H33N3O3. The minimum absolute atomic E-state index is 0.0941. The second kappa shape index (κ2) is 11.3. The van der Waals surface area contributed by atoms with Crippen LogP contribution in [-0.4, -0.2) is 42.8 Å². The van der Waals surface area contributed by atoms with Gasteiger partial charge in [0.2, 0.25) is 12.7 Å². The Morgan fingerprint density at radius 3 is 2.50 bits per heavy atom. The Morgan fingerprint density at radius 1 is 0.816 bits per heavy atom. The Morgan fingerprint density at radius 2 is 1.61 bits per heavy atom. The molecule has 1 amide bonds. The summed E-state index contributed by atoms with van der Waals surface area (Å²) in [6.45, 7) is 3.24. The number of hydrogen-bond acceptors (Lipinski definition) is 5. The Hall–Kier alpha value is -3.87. The smallest absolute Gasteiger partial charge is 0.237 e. The number of benzene rings is 4. The Bertz CT molecular complexity index is 1410. The minimum Gasteiger partial charge on any atom is -0.454 e. The van der Waals surface area contributed by atoms with Crippen LogP contribution in [0.3, 0.4) is 0 Å². The zero-order valence-electron chi connectivity index (χ0n) is 21.4. The van der Waals surface area contributed by atoms with Crippen molar-refractivity contribution < 1.29 is 14.3 Å². The lowest BCUT2D eigenvalue weighted by molar-refractivity contribution is -0.125. The van der Waals surface area contributed by atoms with Crippen molar-refractivity contribution in [2.45, 2.75) is 38.0 Å². The number of carbonyl (C=O) groups is 1. The van der Waals surface area contributed by atoms with E-state index in [9.17, 15) is 4.79 Å². The molecule has 0 aliphatic carbocycles. The molecule has 0 saturated carbocycles. The van der Waals surface area contributed by atoms with Crippen LogP contribution >= 0.6 is 0 Å². The predicted molar refractivity (Wildman–Crippen MR) is 149 cm³/mol. The topological polar surface area (TPSA) is 62.8 Å². The highest BCUT2D eigenvalue weighted by Gasteiger charge is 2.36. The number of carbonyl (C=O) groups excluding carboxylic acids is 1. The van der Waals surface area contributed by atoms with Crippen LogP contribution in [-0.2, 0) is 24.3 Å². The number of nitrogens with one attached hydrogen (secondary N) is 2. The maximum absolute atomic E-state index is 13.4. The van der Waals surface area contributed by atoms with Gasteiger partial charge in [-0.15, -0.1) is 0 Å². The summed E-state index contributed by atoms with van der Waals surface area (Å²) in [5.41, 5.74) is 3.60. The molecule has 194 valence electrons. The lowest BCUT2D eigenvalue weighted by Crippen LogP contribution is -2.43. The van der Waals surface area contributed by atoms with Crippen molar-refractivity contribution in [3.63, 3.8) is 0 Å². The van der Waals surface area contributed by atoms with Gasteiger partial charge in [-0.1, -0.05) is 72.8 Å². The fraction of sp³-hybridized carbons (Fsp3) is 0.281. The highest BCUT2D eigenvalue weighted by molar-refractivity contribution is 5.83. The average molecular weight is 508 g/mol. The molecule has 0 radical (unpaired) electrons. The van der Waals surface area contributed by atoms with Gasteiger partial charge in [0.05, 0.1) is 6.04 Å². The summed E-state index contributed by atoms with van der Waals surface area (Å²) in [6, 6.07) is 31.5. The normalized spacial score (nSPS) is 18.6. The molecule has 4 aromatic rings. The molecule has 2 atom stereocenters. The first-order chi connectivity index (χ1) is 18.7. The Labute approximate surface area is 223 Å². The first kappa shape index (κ1) is 24.5. The molecule has 2 aliphatic heterocycles. The number of likely N-dealkylation sites (tertiary alicyclic amines) is 1. The van der Waals surface area contributed by atoms with E-state index in [2.05, 4.69) is 82.3 Å². The van der Waals surface area contributed by atoms with Crippen LogP contribution in [0.15, 0.2) is 91.0 Å². The number of ether oxygens (including phenoxy) is 2. The van der Waals surface area contributed by atoms with Crippen molar-refractivity contribution >= 4 is 16.7 Å². The van der Waals surface area contributed by atoms with Crippen LogP contribution in [0, 0.1) is 0 Å². The molecule has 2 N–H and O–H groups in total. The summed E-state index contributed by atoms with van der Waals surface area (Å²) in [6.07, 6.45) is 1.54. The van der Waals surface area contributed by atoms with E-state index in [1.54, 1.807) is 0 Å². The van der Waals surface area contributed by atoms with Crippen molar-refractivity contribution in [2.75, 3.05) is 19.9 Å². The van der Waals surface area contributed by atoms with Crippen LogP contribution in [0.4, 0.5) is 0 Å². The second-order valence-corrected chi connectivity index (χ2v) is 10.2. The molecule has 0 spiro atoms. The maximum Gasteiger partial charge on any atom is 0.237 e. The summed E-state index contributed by atoms with van der Waals surface area (Å²) in [7, 11) is 0. The molecule has 6 nitrogen and oxygen atoms in total. The molecule has 2 heterocycles. The molecule has 1 fully saturated rings. The zero-order valence-corrected chi connectivity index (χ0v) is 21.4. The summed E-state index contributed by atoms with van der Waals surface area (Å²) >= 11 is 0. The standard InChI is InChI=1S/C32H33N3O3/c36-32(33-15-14-23-11-13-30-31(17-23)38-22-37-30)29-18-28(21-35(29)20-24-6-2-1-3-7-24)34-19-25-10-12-26-8-4-5-9-27(26)16-25/h1-13,16-17,28-29,34H,14-15,18-22H2,(H,33,36)/t28-,29+/m1/s1. The summed E-state index contributed by atoms with van der Waals surface area (Å²) in [5, 5.41) is 9.42. The fourth-order valence-corrected chi connectivity index (χ4v) is 5.47. The fourth-order valence-electron chi connectivity index (χ4n) is 5.47. The van der Waals surface area contributed by atoms with Gasteiger partial charge in [0.15, 0.2) is 11.5 Å². The Balaban J connectivity index is 1.08. The maximum atomic E-state index is 13.4. The minimum atomic E-state index is -0.166. The second-order valence-electron chi connectivity index (χ2n) is 10.2. The van der Waals surface area contributed by atoms with E-state index in [-0.39, 0.29) is 24.8 Å². The zero-order chi connectivity index (χ0) is 25.7. The van der Waals surface area contributed by atoms with E-state index < -0.39 is 0 Å². The van der Waals surface area contributed by atoms with Crippen molar-refractivity contribution in [3.8, 4) is 11.5 Å². The van der Waals surface area contributed by atoms with Crippen molar-refractivity contribution in [1.82, 2.24) is 15.5 Å². The van der Waals surface area contributed by atoms with Crippen molar-refractivity contribution in [2.24, 2.45) is 0 Å². The van der Waals surface area contributed by atoms with Crippen LogP contribution in [0.5, 0.6) is 11.5 Å². The van der Waals surface area contributed by atoms with Crippen LogP contribution in [0.25, 0.3) is 10.8 Å². The van der Waals surface area contributed by atoms with Gasteiger partial charge in [0.25, 0.3) is 0 Å². The monoisotopic (exact) mass is 507 g/mol. The van der Waals surface area contributed by atoms with Gasteiger partial charge in [0, 0.05) is 32.2 Å². The van der Waals surface area contributed by atoms with Gasteiger partial charge in [-0.2, -0.15) is 0 Å². The van der Waals surface area contributed by atoms with E-state index in [0.29, 0.717) is 6.54 Å². The van der Waals surface area contributed by atoms with Gasteiger partial charge in [-0.25, -0.2) is 0 Å². The SMILES string of the molecule is O=C(NCCc1ccc2c(c1)OCO2)[C@@H]1C[C@@H](NCc2ccc3ccccc3c2)CN1Cc1ccccc1. The van der Waals surface area contributed by atoms with E-state index in [1.807, 2.05) is 24.3 Å². The molecule has 38 heavy (non-hydrogen) atoms. The van der Waals surface area contributed by atoms with E-state index >= 15 is 0 Å². The first-order valence-corrected chi connectivity index (χ1v) is 13.4. The van der Waals surface area contributed by atoms with Crippen molar-refractivity contribution in [1.29, 1.82) is 0 Å². The predicted octanol–water partition coefficient (Wildman–Crippen LogP) is 4.66. The molecule has 2 aliphatic rings. The van der Waals surface area contributed by atoms with E-state index in [4.69, 9.17) is 9.47 Å². The molecule has 6 heteroatoms. The van der Waals surface area contributed by atoms with Gasteiger partial charge in [0.1, 0.15) is 0 Å². The summed E-state index contributed by atoms with van der Waals surface area (Å²) in [5.74, 6) is 1.65. The highest BCUT2D eigenvalue weighted by Crippen LogP contribution is 2.32. The number of amides is 1. The third-order valence-electron chi connectivity index (χ3n) is 7.49. The summed E-state index contributed by atoms with van der Waals surface area (Å²) < 4.78 is 10.9. The van der Waals surface area contributed by atoms with Crippen molar-refractivity contribution in [3.05, 3.63) is 108 Å². The molecule has 0 unspecified atom stereocenters. The number of nitrogens with zero attached hydrogens (tertiary/aromatic N) is 1.